The molecule has 2 unspecified atom stereocenters. The zero-order valence-corrected chi connectivity index (χ0v) is 13.1. The Morgan fingerprint density at radius 1 is 1.25 bits per heavy atom. The first kappa shape index (κ1) is 17.1. The standard InChI is InChI=1S/C16H26F2N2/c1-6-16(3,20(4)5)14(19-7-2)11-12-9-8-10-13(17)15(12)18/h8-10,14,19H,6-7,11H2,1-5H3. The van der Waals surface area contributed by atoms with Gasteiger partial charge in [0.05, 0.1) is 0 Å². The summed E-state index contributed by atoms with van der Waals surface area (Å²) in [4.78, 5) is 2.15. The van der Waals surface area contributed by atoms with E-state index in [9.17, 15) is 8.78 Å². The zero-order valence-electron chi connectivity index (χ0n) is 13.1. The minimum atomic E-state index is -0.777. The molecule has 1 N–H and O–H groups in total. The maximum Gasteiger partial charge on any atom is 0.162 e. The first-order valence-electron chi connectivity index (χ1n) is 7.20. The molecule has 0 radical (unpaired) electrons. The zero-order chi connectivity index (χ0) is 15.3. The normalized spacial score (nSPS) is 16.2. The van der Waals surface area contributed by atoms with E-state index >= 15 is 0 Å². The van der Waals surface area contributed by atoms with Crippen molar-refractivity contribution >= 4 is 0 Å². The van der Waals surface area contributed by atoms with Gasteiger partial charge in [0.25, 0.3) is 0 Å². The number of benzene rings is 1. The van der Waals surface area contributed by atoms with Gasteiger partial charge >= 0.3 is 0 Å². The van der Waals surface area contributed by atoms with Crippen LogP contribution in [-0.2, 0) is 6.42 Å². The highest BCUT2D eigenvalue weighted by Gasteiger charge is 2.34. The van der Waals surface area contributed by atoms with Crippen molar-refractivity contribution in [2.45, 2.75) is 45.2 Å². The van der Waals surface area contributed by atoms with E-state index in [1.54, 1.807) is 12.1 Å². The van der Waals surface area contributed by atoms with E-state index in [1.807, 2.05) is 21.0 Å². The van der Waals surface area contributed by atoms with Crippen LogP contribution < -0.4 is 5.32 Å². The molecule has 0 spiro atoms. The highest BCUT2D eigenvalue weighted by atomic mass is 19.2. The molecule has 4 heteroatoms. The Morgan fingerprint density at radius 2 is 1.90 bits per heavy atom. The number of nitrogens with zero attached hydrogens (tertiary/aromatic N) is 1. The second kappa shape index (κ2) is 7.14. The third-order valence-corrected chi connectivity index (χ3v) is 4.39. The van der Waals surface area contributed by atoms with Gasteiger partial charge < -0.3 is 10.2 Å². The van der Waals surface area contributed by atoms with Crippen molar-refractivity contribution in [1.82, 2.24) is 10.2 Å². The summed E-state index contributed by atoms with van der Waals surface area (Å²) in [5, 5.41) is 3.42. The molecular formula is C16H26F2N2. The smallest absolute Gasteiger partial charge is 0.162 e. The SMILES string of the molecule is CCNC(Cc1cccc(F)c1F)C(C)(CC)N(C)C. The Labute approximate surface area is 121 Å². The first-order chi connectivity index (χ1) is 9.36. The van der Waals surface area contributed by atoms with E-state index in [0.29, 0.717) is 12.0 Å². The lowest BCUT2D eigenvalue weighted by atomic mass is 9.84. The summed E-state index contributed by atoms with van der Waals surface area (Å²) in [6.07, 6.45) is 1.40. The monoisotopic (exact) mass is 284 g/mol. The summed E-state index contributed by atoms with van der Waals surface area (Å²) in [6, 6.07) is 4.44. The van der Waals surface area contributed by atoms with Crippen LogP contribution in [-0.4, -0.2) is 37.1 Å². The Morgan fingerprint density at radius 3 is 2.40 bits per heavy atom. The average molecular weight is 284 g/mol. The Kier molecular flexibility index (Phi) is 6.08. The maximum absolute atomic E-state index is 13.9. The fourth-order valence-corrected chi connectivity index (χ4v) is 2.56. The van der Waals surface area contributed by atoms with Gasteiger partial charge in [-0.1, -0.05) is 26.0 Å². The van der Waals surface area contributed by atoms with Gasteiger partial charge in [-0.05, 0) is 52.0 Å². The van der Waals surface area contributed by atoms with Crippen LogP contribution in [0.2, 0.25) is 0 Å². The fraction of sp³-hybridized carbons (Fsp3) is 0.625. The predicted octanol–water partition coefficient (Wildman–Crippen LogP) is 3.22. The summed E-state index contributed by atoms with van der Waals surface area (Å²) in [5.41, 5.74) is 0.312. The van der Waals surface area contributed by atoms with Gasteiger partial charge in [-0.25, -0.2) is 8.78 Å². The maximum atomic E-state index is 13.9. The Bertz CT molecular complexity index is 434. The minimum Gasteiger partial charge on any atom is -0.312 e. The Balaban J connectivity index is 3.06. The van der Waals surface area contributed by atoms with Gasteiger partial charge in [-0.15, -0.1) is 0 Å². The molecule has 0 aliphatic heterocycles. The lowest BCUT2D eigenvalue weighted by molar-refractivity contribution is 0.113. The van der Waals surface area contributed by atoms with Gasteiger partial charge in [0.2, 0.25) is 0 Å². The molecule has 1 aromatic carbocycles. The van der Waals surface area contributed by atoms with Crippen molar-refractivity contribution in [2.24, 2.45) is 0 Å². The van der Waals surface area contributed by atoms with E-state index in [0.717, 1.165) is 19.0 Å². The lowest BCUT2D eigenvalue weighted by Crippen LogP contribution is -2.57. The average Bonchev–Trinajstić information content (AvgIpc) is 2.42. The van der Waals surface area contributed by atoms with Crippen LogP contribution in [0.15, 0.2) is 18.2 Å². The number of halogens is 2. The molecule has 0 heterocycles. The molecule has 0 aliphatic rings. The van der Waals surface area contributed by atoms with E-state index in [1.165, 1.54) is 0 Å². The molecule has 114 valence electrons. The second-order valence-corrected chi connectivity index (χ2v) is 5.63. The van der Waals surface area contributed by atoms with Crippen molar-refractivity contribution in [3.63, 3.8) is 0 Å². The molecule has 1 aromatic rings. The van der Waals surface area contributed by atoms with E-state index in [-0.39, 0.29) is 11.6 Å². The van der Waals surface area contributed by atoms with Crippen LogP contribution in [0, 0.1) is 11.6 Å². The van der Waals surface area contributed by atoms with Crippen LogP contribution in [0.25, 0.3) is 0 Å². The summed E-state index contributed by atoms with van der Waals surface area (Å²) in [5.74, 6) is -1.51. The van der Waals surface area contributed by atoms with Crippen LogP contribution in [0.3, 0.4) is 0 Å². The number of hydrogen-bond acceptors (Lipinski definition) is 2. The number of nitrogens with one attached hydrogen (secondary N) is 1. The minimum absolute atomic E-state index is 0.0591. The van der Waals surface area contributed by atoms with Crippen LogP contribution >= 0.6 is 0 Å². The van der Waals surface area contributed by atoms with Crippen LogP contribution in [0.5, 0.6) is 0 Å². The quantitative estimate of drug-likeness (QED) is 0.827. The predicted molar refractivity (Wildman–Crippen MR) is 79.9 cm³/mol. The summed E-state index contributed by atoms with van der Waals surface area (Å²) in [6.45, 7) is 7.09. The Hall–Kier alpha value is -1.00. The molecule has 0 bridgehead atoms. The van der Waals surface area contributed by atoms with Crippen molar-refractivity contribution in [1.29, 1.82) is 0 Å². The number of hydrogen-bond donors (Lipinski definition) is 1. The number of rotatable bonds is 7. The highest BCUT2D eigenvalue weighted by molar-refractivity contribution is 5.21. The first-order valence-corrected chi connectivity index (χ1v) is 7.20. The van der Waals surface area contributed by atoms with E-state index < -0.39 is 11.6 Å². The number of likely N-dealkylation sites (N-methyl/N-ethyl adjacent to an activating group) is 2. The summed E-state index contributed by atoms with van der Waals surface area (Å²) in [7, 11) is 4.05. The third kappa shape index (κ3) is 3.55. The van der Waals surface area contributed by atoms with Crippen molar-refractivity contribution in [3.8, 4) is 0 Å². The molecule has 0 fully saturated rings. The van der Waals surface area contributed by atoms with Crippen molar-refractivity contribution in [2.75, 3.05) is 20.6 Å². The van der Waals surface area contributed by atoms with Gasteiger partial charge in [0.1, 0.15) is 0 Å². The molecule has 0 saturated carbocycles. The van der Waals surface area contributed by atoms with Gasteiger partial charge in [-0.2, -0.15) is 0 Å². The molecule has 0 amide bonds. The van der Waals surface area contributed by atoms with E-state index in [2.05, 4.69) is 24.1 Å². The molecule has 0 aliphatic carbocycles. The summed E-state index contributed by atoms with van der Waals surface area (Å²) >= 11 is 0. The second-order valence-electron chi connectivity index (χ2n) is 5.63. The summed E-state index contributed by atoms with van der Waals surface area (Å²) < 4.78 is 27.2. The topological polar surface area (TPSA) is 15.3 Å². The van der Waals surface area contributed by atoms with E-state index in [4.69, 9.17) is 0 Å². The molecule has 20 heavy (non-hydrogen) atoms. The van der Waals surface area contributed by atoms with Crippen molar-refractivity contribution in [3.05, 3.63) is 35.4 Å². The van der Waals surface area contributed by atoms with Crippen LogP contribution in [0.1, 0.15) is 32.8 Å². The van der Waals surface area contributed by atoms with Crippen molar-refractivity contribution < 1.29 is 8.78 Å². The fourth-order valence-electron chi connectivity index (χ4n) is 2.56. The molecule has 2 nitrogen and oxygen atoms in total. The molecule has 0 aromatic heterocycles. The molecule has 1 rings (SSSR count). The molecule has 0 saturated heterocycles. The van der Waals surface area contributed by atoms with Gasteiger partial charge in [0.15, 0.2) is 11.6 Å². The largest absolute Gasteiger partial charge is 0.312 e. The van der Waals surface area contributed by atoms with Gasteiger partial charge in [0, 0.05) is 11.6 Å². The lowest BCUT2D eigenvalue weighted by Gasteiger charge is -2.43. The molecular weight excluding hydrogens is 258 g/mol. The highest BCUT2D eigenvalue weighted by Crippen LogP contribution is 2.25. The van der Waals surface area contributed by atoms with Crippen LogP contribution in [0.4, 0.5) is 8.78 Å². The molecule has 2 atom stereocenters. The van der Waals surface area contributed by atoms with Gasteiger partial charge in [-0.3, -0.25) is 0 Å². The third-order valence-electron chi connectivity index (χ3n) is 4.39.